The molecule has 1 aromatic heterocycles. The summed E-state index contributed by atoms with van der Waals surface area (Å²) in [6.07, 6.45) is 4.89. The number of guanidine groups is 1. The molecule has 0 aliphatic heterocycles. The Morgan fingerprint density at radius 3 is 2.72 bits per heavy atom. The molecule has 0 saturated heterocycles. The summed E-state index contributed by atoms with van der Waals surface area (Å²) in [5, 5.41) is 6.62. The number of hydrogen-bond donors (Lipinski definition) is 2. The van der Waals surface area contributed by atoms with Gasteiger partial charge >= 0.3 is 0 Å². The standard InChI is InChI=1S/C19H29N5O/c1-6-15(3)25-17-11-14(2)7-8-16(17)12-22-19(20-4)23-13-18-21-9-10-24(18)5/h7-11,15H,6,12-13H2,1-5H3,(H2,20,22,23). The molecule has 0 aliphatic carbocycles. The molecule has 0 spiro atoms. The van der Waals surface area contributed by atoms with Gasteiger partial charge in [-0.2, -0.15) is 0 Å². The monoisotopic (exact) mass is 343 g/mol. The van der Waals surface area contributed by atoms with Crippen LogP contribution in [0.5, 0.6) is 5.75 Å². The normalized spacial score (nSPS) is 12.8. The van der Waals surface area contributed by atoms with Crippen molar-refractivity contribution in [3.05, 3.63) is 47.5 Å². The second-order valence-electron chi connectivity index (χ2n) is 6.18. The van der Waals surface area contributed by atoms with E-state index in [2.05, 4.69) is 59.6 Å². The van der Waals surface area contributed by atoms with Crippen molar-refractivity contribution < 1.29 is 4.74 Å². The molecule has 136 valence electrons. The lowest BCUT2D eigenvalue weighted by atomic mass is 10.1. The van der Waals surface area contributed by atoms with Crippen LogP contribution >= 0.6 is 0 Å². The van der Waals surface area contributed by atoms with Gasteiger partial charge in [0.05, 0.1) is 12.6 Å². The lowest BCUT2D eigenvalue weighted by Gasteiger charge is -2.18. The second kappa shape index (κ2) is 9.11. The number of nitrogens with zero attached hydrogens (tertiary/aromatic N) is 3. The minimum absolute atomic E-state index is 0.196. The van der Waals surface area contributed by atoms with E-state index < -0.39 is 0 Å². The highest BCUT2D eigenvalue weighted by Crippen LogP contribution is 2.22. The molecular weight excluding hydrogens is 314 g/mol. The molecule has 0 saturated carbocycles. The number of rotatable bonds is 7. The molecule has 1 aromatic carbocycles. The number of hydrogen-bond acceptors (Lipinski definition) is 3. The number of aromatic nitrogens is 2. The molecule has 0 fully saturated rings. The van der Waals surface area contributed by atoms with Crippen LogP contribution in [0.4, 0.5) is 0 Å². The Hall–Kier alpha value is -2.50. The van der Waals surface area contributed by atoms with E-state index in [1.54, 1.807) is 13.2 Å². The molecule has 1 unspecified atom stereocenters. The molecule has 1 atom stereocenters. The maximum Gasteiger partial charge on any atom is 0.191 e. The van der Waals surface area contributed by atoms with Crippen LogP contribution in [0.1, 0.15) is 37.2 Å². The molecular formula is C19H29N5O. The molecule has 2 N–H and O–H groups in total. The van der Waals surface area contributed by atoms with Crippen LogP contribution in [-0.4, -0.2) is 28.7 Å². The molecule has 6 heteroatoms. The summed E-state index contributed by atoms with van der Waals surface area (Å²) in [6, 6.07) is 6.30. The number of imidazole rings is 1. The van der Waals surface area contributed by atoms with Crippen LogP contribution in [0.3, 0.4) is 0 Å². The molecule has 0 bridgehead atoms. The molecule has 0 aliphatic rings. The summed E-state index contributed by atoms with van der Waals surface area (Å²) in [6.45, 7) is 7.56. The molecule has 2 rings (SSSR count). The lowest BCUT2D eigenvalue weighted by Crippen LogP contribution is -2.37. The zero-order valence-corrected chi connectivity index (χ0v) is 15.8. The highest BCUT2D eigenvalue weighted by Gasteiger charge is 2.09. The van der Waals surface area contributed by atoms with E-state index in [9.17, 15) is 0 Å². The molecule has 6 nitrogen and oxygen atoms in total. The molecule has 0 radical (unpaired) electrons. The Labute approximate surface area is 150 Å². The fraction of sp³-hybridized carbons (Fsp3) is 0.474. The van der Waals surface area contributed by atoms with Crippen molar-refractivity contribution in [3.63, 3.8) is 0 Å². The Balaban J connectivity index is 1.97. The minimum Gasteiger partial charge on any atom is -0.490 e. The number of aliphatic imine (C=N–C) groups is 1. The summed E-state index contributed by atoms with van der Waals surface area (Å²) in [7, 11) is 3.74. The third-order valence-corrected chi connectivity index (χ3v) is 4.13. The summed E-state index contributed by atoms with van der Waals surface area (Å²) in [5.41, 5.74) is 2.31. The number of benzene rings is 1. The first-order chi connectivity index (χ1) is 12.0. The first kappa shape index (κ1) is 18.8. The summed E-state index contributed by atoms with van der Waals surface area (Å²) >= 11 is 0. The third kappa shape index (κ3) is 5.52. The van der Waals surface area contributed by atoms with Crippen molar-refractivity contribution in [3.8, 4) is 5.75 Å². The average molecular weight is 343 g/mol. The van der Waals surface area contributed by atoms with E-state index in [4.69, 9.17) is 4.74 Å². The first-order valence-electron chi connectivity index (χ1n) is 8.70. The van der Waals surface area contributed by atoms with Gasteiger partial charge in [0.1, 0.15) is 11.6 Å². The zero-order valence-electron chi connectivity index (χ0n) is 15.8. The van der Waals surface area contributed by atoms with Gasteiger partial charge < -0.3 is 19.9 Å². The van der Waals surface area contributed by atoms with E-state index in [1.807, 2.05) is 17.8 Å². The fourth-order valence-corrected chi connectivity index (χ4v) is 2.35. The van der Waals surface area contributed by atoms with Crippen LogP contribution < -0.4 is 15.4 Å². The highest BCUT2D eigenvalue weighted by atomic mass is 16.5. The minimum atomic E-state index is 0.196. The maximum absolute atomic E-state index is 6.06. The van der Waals surface area contributed by atoms with Crippen LogP contribution in [0.15, 0.2) is 35.6 Å². The summed E-state index contributed by atoms with van der Waals surface area (Å²) in [5.74, 6) is 2.62. The van der Waals surface area contributed by atoms with Gasteiger partial charge in [-0.25, -0.2) is 4.98 Å². The van der Waals surface area contributed by atoms with Gasteiger partial charge in [-0.1, -0.05) is 19.1 Å². The van der Waals surface area contributed by atoms with Crippen LogP contribution in [0.25, 0.3) is 0 Å². The smallest absolute Gasteiger partial charge is 0.191 e. The van der Waals surface area contributed by atoms with Crippen molar-refractivity contribution in [1.82, 2.24) is 20.2 Å². The van der Waals surface area contributed by atoms with Crippen molar-refractivity contribution in [1.29, 1.82) is 0 Å². The summed E-state index contributed by atoms with van der Waals surface area (Å²) < 4.78 is 8.05. The topological polar surface area (TPSA) is 63.5 Å². The van der Waals surface area contributed by atoms with Crippen molar-refractivity contribution >= 4 is 5.96 Å². The zero-order chi connectivity index (χ0) is 18.2. The SMILES string of the molecule is CCC(C)Oc1cc(C)ccc1CNC(=NC)NCc1nccn1C. The highest BCUT2D eigenvalue weighted by molar-refractivity contribution is 5.79. The van der Waals surface area contributed by atoms with Gasteiger partial charge in [0.2, 0.25) is 0 Å². The average Bonchev–Trinajstić information content (AvgIpc) is 3.01. The van der Waals surface area contributed by atoms with Crippen molar-refractivity contribution in [2.24, 2.45) is 12.0 Å². The fourth-order valence-electron chi connectivity index (χ4n) is 2.35. The maximum atomic E-state index is 6.06. The van der Waals surface area contributed by atoms with Gasteiger partial charge in [-0.05, 0) is 31.9 Å². The number of nitrogens with one attached hydrogen (secondary N) is 2. The van der Waals surface area contributed by atoms with Gasteiger partial charge in [0.25, 0.3) is 0 Å². The van der Waals surface area contributed by atoms with Gasteiger partial charge in [-0.3, -0.25) is 4.99 Å². The molecule has 0 amide bonds. The molecule has 25 heavy (non-hydrogen) atoms. The van der Waals surface area contributed by atoms with Gasteiger partial charge in [0.15, 0.2) is 5.96 Å². The molecule has 2 aromatic rings. The predicted molar refractivity (Wildman–Crippen MR) is 102 cm³/mol. The Morgan fingerprint density at radius 2 is 2.08 bits per heavy atom. The van der Waals surface area contributed by atoms with Crippen molar-refractivity contribution in [2.75, 3.05) is 7.05 Å². The summed E-state index contributed by atoms with van der Waals surface area (Å²) in [4.78, 5) is 8.58. The van der Waals surface area contributed by atoms with E-state index in [1.165, 1.54) is 5.56 Å². The quantitative estimate of drug-likeness (QED) is 0.599. The predicted octanol–water partition coefficient (Wildman–Crippen LogP) is 2.77. The van der Waals surface area contributed by atoms with E-state index >= 15 is 0 Å². The van der Waals surface area contributed by atoms with Crippen LogP contribution in [0, 0.1) is 6.92 Å². The van der Waals surface area contributed by atoms with Crippen LogP contribution in [0.2, 0.25) is 0 Å². The van der Waals surface area contributed by atoms with E-state index in [0.717, 1.165) is 29.5 Å². The second-order valence-corrected chi connectivity index (χ2v) is 6.18. The Kier molecular flexibility index (Phi) is 6.86. The van der Waals surface area contributed by atoms with E-state index in [0.29, 0.717) is 13.1 Å². The van der Waals surface area contributed by atoms with Crippen LogP contribution in [-0.2, 0) is 20.1 Å². The third-order valence-electron chi connectivity index (χ3n) is 4.13. The van der Waals surface area contributed by atoms with Gasteiger partial charge in [-0.15, -0.1) is 0 Å². The molecule has 1 heterocycles. The largest absolute Gasteiger partial charge is 0.490 e. The Bertz CT molecular complexity index is 708. The van der Waals surface area contributed by atoms with Gasteiger partial charge in [0, 0.05) is 38.6 Å². The lowest BCUT2D eigenvalue weighted by molar-refractivity contribution is 0.215. The van der Waals surface area contributed by atoms with Crippen molar-refractivity contribution in [2.45, 2.75) is 46.4 Å². The number of aryl methyl sites for hydroxylation is 2. The Morgan fingerprint density at radius 1 is 1.32 bits per heavy atom. The first-order valence-corrected chi connectivity index (χ1v) is 8.70. The van der Waals surface area contributed by atoms with E-state index in [-0.39, 0.29) is 6.10 Å². The number of ether oxygens (including phenoxy) is 1.